The van der Waals surface area contributed by atoms with Gasteiger partial charge in [-0.15, -0.1) is 0 Å². The molecule has 1 heterocycles. The maximum atomic E-state index is 11.7. The van der Waals surface area contributed by atoms with Crippen molar-refractivity contribution in [1.29, 1.82) is 0 Å². The summed E-state index contributed by atoms with van der Waals surface area (Å²) in [5, 5.41) is 2.62. The molecule has 2 fully saturated rings. The zero-order chi connectivity index (χ0) is 12.3. The lowest BCUT2D eigenvalue weighted by Gasteiger charge is -2.30. The van der Waals surface area contributed by atoms with Gasteiger partial charge in [-0.3, -0.25) is 9.59 Å². The Labute approximate surface area is 101 Å². The molecule has 0 aromatic heterocycles. The van der Waals surface area contributed by atoms with Crippen molar-refractivity contribution in [3.63, 3.8) is 0 Å². The van der Waals surface area contributed by atoms with Crippen LogP contribution in [-0.2, 0) is 14.3 Å². The zero-order valence-electron chi connectivity index (χ0n) is 10.3. The Morgan fingerprint density at radius 1 is 1.41 bits per heavy atom. The number of piperazine rings is 1. The van der Waals surface area contributed by atoms with Gasteiger partial charge in [-0.2, -0.15) is 0 Å². The molecule has 0 aromatic carbocycles. The van der Waals surface area contributed by atoms with Gasteiger partial charge in [0, 0.05) is 19.8 Å². The van der Waals surface area contributed by atoms with E-state index in [9.17, 15) is 9.59 Å². The number of nitrogens with one attached hydrogen (secondary N) is 1. The second-order valence-electron chi connectivity index (χ2n) is 4.92. The summed E-state index contributed by atoms with van der Waals surface area (Å²) in [5.74, 6) is 0.709. The van der Waals surface area contributed by atoms with Crippen molar-refractivity contribution < 1.29 is 14.3 Å². The van der Waals surface area contributed by atoms with Crippen LogP contribution < -0.4 is 5.32 Å². The molecule has 1 aliphatic heterocycles. The van der Waals surface area contributed by atoms with Gasteiger partial charge in [0.25, 0.3) is 0 Å². The molecule has 0 spiro atoms. The predicted molar refractivity (Wildman–Crippen MR) is 62.3 cm³/mol. The Kier molecular flexibility index (Phi) is 3.99. The van der Waals surface area contributed by atoms with E-state index < -0.39 is 0 Å². The van der Waals surface area contributed by atoms with E-state index in [0.717, 1.165) is 18.9 Å². The van der Waals surface area contributed by atoms with Gasteiger partial charge in [0.1, 0.15) is 6.04 Å². The van der Waals surface area contributed by atoms with Crippen LogP contribution in [0.3, 0.4) is 0 Å². The van der Waals surface area contributed by atoms with E-state index in [0.29, 0.717) is 13.2 Å². The van der Waals surface area contributed by atoms with Crippen LogP contribution in [0, 0.1) is 5.92 Å². The first-order valence-corrected chi connectivity index (χ1v) is 6.32. The fourth-order valence-electron chi connectivity index (χ4n) is 1.96. The van der Waals surface area contributed by atoms with Crippen LogP contribution in [0.25, 0.3) is 0 Å². The van der Waals surface area contributed by atoms with Crippen molar-refractivity contribution in [3.8, 4) is 0 Å². The van der Waals surface area contributed by atoms with E-state index in [-0.39, 0.29) is 24.4 Å². The van der Waals surface area contributed by atoms with Gasteiger partial charge in [0.05, 0.1) is 6.54 Å². The molecule has 1 aliphatic carbocycles. The minimum atomic E-state index is -0.386. The minimum Gasteiger partial charge on any atom is -0.381 e. The summed E-state index contributed by atoms with van der Waals surface area (Å²) in [4.78, 5) is 24.6. The van der Waals surface area contributed by atoms with Gasteiger partial charge in [0.2, 0.25) is 11.8 Å². The fraction of sp³-hybridized carbons (Fsp3) is 0.833. The van der Waals surface area contributed by atoms with E-state index in [4.69, 9.17) is 4.74 Å². The highest BCUT2D eigenvalue weighted by Crippen LogP contribution is 2.28. The highest BCUT2D eigenvalue weighted by molar-refractivity contribution is 5.94. The van der Waals surface area contributed by atoms with Crippen molar-refractivity contribution in [2.24, 2.45) is 5.92 Å². The fourth-order valence-corrected chi connectivity index (χ4v) is 1.96. The lowest BCUT2D eigenvalue weighted by Crippen LogP contribution is -2.56. The molecule has 5 nitrogen and oxygen atoms in total. The molecule has 17 heavy (non-hydrogen) atoms. The highest BCUT2D eigenvalue weighted by atomic mass is 16.5. The van der Waals surface area contributed by atoms with Crippen LogP contribution in [0.15, 0.2) is 0 Å². The molecule has 96 valence electrons. The first-order chi connectivity index (χ1) is 8.16. The summed E-state index contributed by atoms with van der Waals surface area (Å²) in [6.07, 6.45) is 3.39. The second-order valence-corrected chi connectivity index (χ2v) is 4.92. The van der Waals surface area contributed by atoms with Gasteiger partial charge < -0.3 is 15.0 Å². The van der Waals surface area contributed by atoms with E-state index in [2.05, 4.69) is 5.32 Å². The molecule has 2 rings (SSSR count). The van der Waals surface area contributed by atoms with Gasteiger partial charge in [-0.1, -0.05) is 0 Å². The molecular formula is C12H20N2O3. The number of nitrogens with zero attached hydrogens (tertiary/aromatic N) is 1. The molecule has 1 saturated carbocycles. The van der Waals surface area contributed by atoms with Gasteiger partial charge >= 0.3 is 0 Å². The van der Waals surface area contributed by atoms with Crippen LogP contribution in [0.4, 0.5) is 0 Å². The van der Waals surface area contributed by atoms with Crippen LogP contribution in [0.1, 0.15) is 26.2 Å². The number of rotatable bonds is 6. The summed E-state index contributed by atoms with van der Waals surface area (Å²) >= 11 is 0. The van der Waals surface area contributed by atoms with Crippen LogP contribution in [0.2, 0.25) is 0 Å². The Hall–Kier alpha value is -1.10. The maximum Gasteiger partial charge on any atom is 0.245 e. The first-order valence-electron chi connectivity index (χ1n) is 6.32. The monoisotopic (exact) mass is 240 g/mol. The summed E-state index contributed by atoms with van der Waals surface area (Å²) in [5.41, 5.74) is 0. The van der Waals surface area contributed by atoms with E-state index in [1.807, 2.05) is 0 Å². The topological polar surface area (TPSA) is 58.6 Å². The largest absolute Gasteiger partial charge is 0.381 e. The van der Waals surface area contributed by atoms with Gasteiger partial charge in [-0.05, 0) is 32.1 Å². The van der Waals surface area contributed by atoms with Crippen molar-refractivity contribution in [2.75, 3.05) is 26.3 Å². The second kappa shape index (κ2) is 5.49. The zero-order valence-corrected chi connectivity index (χ0v) is 10.3. The minimum absolute atomic E-state index is 0.00629. The van der Waals surface area contributed by atoms with E-state index in [1.54, 1.807) is 11.8 Å². The Morgan fingerprint density at radius 3 is 2.88 bits per heavy atom. The molecule has 0 radical (unpaired) electrons. The van der Waals surface area contributed by atoms with Gasteiger partial charge in [0.15, 0.2) is 0 Å². The quantitative estimate of drug-likeness (QED) is 0.672. The summed E-state index contributed by atoms with van der Waals surface area (Å²) < 4.78 is 5.50. The van der Waals surface area contributed by atoms with Gasteiger partial charge in [-0.25, -0.2) is 0 Å². The smallest absolute Gasteiger partial charge is 0.245 e. The average molecular weight is 240 g/mol. The van der Waals surface area contributed by atoms with E-state index in [1.165, 1.54) is 12.8 Å². The summed E-state index contributed by atoms with van der Waals surface area (Å²) in [6, 6.07) is -0.386. The maximum absolute atomic E-state index is 11.7. The molecule has 1 saturated heterocycles. The van der Waals surface area contributed by atoms with Crippen LogP contribution in [-0.4, -0.2) is 49.1 Å². The van der Waals surface area contributed by atoms with Crippen LogP contribution in [0.5, 0.6) is 0 Å². The molecule has 1 unspecified atom stereocenters. The number of carbonyl (C=O) groups excluding carboxylic acids is 2. The Morgan fingerprint density at radius 2 is 2.18 bits per heavy atom. The summed E-state index contributed by atoms with van der Waals surface area (Å²) in [7, 11) is 0. The number of carbonyl (C=O) groups is 2. The molecule has 1 N–H and O–H groups in total. The SMILES string of the molecule is CC1NC(=O)CN(CCCOCC2CC2)C1=O. The number of hydrogen-bond acceptors (Lipinski definition) is 3. The molecule has 2 amide bonds. The molecule has 0 aromatic rings. The standard InChI is InChI=1S/C12H20N2O3/c1-9-12(16)14(7-11(15)13-9)5-2-6-17-8-10-3-4-10/h9-10H,2-8H2,1H3,(H,13,15). The third kappa shape index (κ3) is 3.70. The number of ether oxygens (including phenoxy) is 1. The summed E-state index contributed by atoms with van der Waals surface area (Å²) in [6.45, 7) is 4.05. The number of hydrogen-bond donors (Lipinski definition) is 1. The van der Waals surface area contributed by atoms with Crippen molar-refractivity contribution in [2.45, 2.75) is 32.2 Å². The van der Waals surface area contributed by atoms with Crippen LogP contribution >= 0.6 is 0 Å². The van der Waals surface area contributed by atoms with Crippen molar-refractivity contribution >= 4 is 11.8 Å². The normalized spacial score (nSPS) is 25.0. The molecular weight excluding hydrogens is 220 g/mol. The Bertz CT molecular complexity index is 302. The van der Waals surface area contributed by atoms with Crippen molar-refractivity contribution in [1.82, 2.24) is 10.2 Å². The molecule has 1 atom stereocenters. The van der Waals surface area contributed by atoms with Crippen molar-refractivity contribution in [3.05, 3.63) is 0 Å². The average Bonchev–Trinajstić information content (AvgIpc) is 3.08. The lowest BCUT2D eigenvalue weighted by atomic mass is 10.2. The highest BCUT2D eigenvalue weighted by Gasteiger charge is 2.28. The third-order valence-corrected chi connectivity index (χ3v) is 3.16. The number of amides is 2. The predicted octanol–water partition coefficient (Wildman–Crippen LogP) is 0.150. The molecule has 2 aliphatic rings. The molecule has 0 bridgehead atoms. The third-order valence-electron chi connectivity index (χ3n) is 3.16. The first kappa shape index (κ1) is 12.4. The Balaban J connectivity index is 1.62. The van der Waals surface area contributed by atoms with E-state index >= 15 is 0 Å². The molecule has 5 heteroatoms. The lowest BCUT2D eigenvalue weighted by molar-refractivity contribution is -0.143.